The Balaban J connectivity index is 1.98. The summed E-state index contributed by atoms with van der Waals surface area (Å²) < 4.78 is 6.28. The molecule has 0 bridgehead atoms. The van der Waals surface area contributed by atoms with Gasteiger partial charge in [-0.25, -0.2) is 9.97 Å². The second-order valence-corrected chi connectivity index (χ2v) is 9.71. The maximum atomic E-state index is 10.8. The van der Waals surface area contributed by atoms with Crippen LogP contribution >= 0.6 is 11.8 Å². The predicted molar refractivity (Wildman–Crippen MR) is 115 cm³/mol. The maximum absolute atomic E-state index is 10.8. The first-order valence-electron chi connectivity index (χ1n) is 9.65. The fourth-order valence-electron chi connectivity index (χ4n) is 3.83. The van der Waals surface area contributed by atoms with Gasteiger partial charge in [-0.3, -0.25) is 4.79 Å². The Hall–Kier alpha value is -2.52. The molecule has 29 heavy (non-hydrogen) atoms. The summed E-state index contributed by atoms with van der Waals surface area (Å²) in [5.41, 5.74) is 2.58. The summed E-state index contributed by atoms with van der Waals surface area (Å²) >= 11 is 1.74. The summed E-state index contributed by atoms with van der Waals surface area (Å²) in [4.78, 5) is 20.0. The van der Waals surface area contributed by atoms with E-state index in [2.05, 4.69) is 68.6 Å². The standard InChI is InChI=1S/C23H26N2O3S/c1-6-29-19-10-18-17(22(2,3)14-23(4,5)28-18)9-16(19)8-7-15-12-24-20(25-13-15)11-21(26)27/h9-10,12-13H,6,11,14H2,1-5H3,(H,26,27). The Morgan fingerprint density at radius 2 is 1.90 bits per heavy atom. The van der Waals surface area contributed by atoms with Gasteiger partial charge in [0.05, 0.1) is 5.56 Å². The molecular weight excluding hydrogens is 384 g/mol. The molecule has 1 aliphatic rings. The molecule has 1 aromatic carbocycles. The van der Waals surface area contributed by atoms with E-state index in [1.807, 2.05) is 0 Å². The Morgan fingerprint density at radius 3 is 2.52 bits per heavy atom. The van der Waals surface area contributed by atoms with Crippen molar-refractivity contribution in [1.82, 2.24) is 9.97 Å². The van der Waals surface area contributed by atoms with Crippen LogP contribution in [0.5, 0.6) is 5.75 Å². The van der Waals surface area contributed by atoms with Crippen molar-refractivity contribution in [2.45, 2.75) is 63.4 Å². The van der Waals surface area contributed by atoms with E-state index >= 15 is 0 Å². The van der Waals surface area contributed by atoms with Crippen molar-refractivity contribution >= 4 is 17.7 Å². The van der Waals surface area contributed by atoms with E-state index < -0.39 is 5.97 Å². The molecule has 0 spiro atoms. The zero-order chi connectivity index (χ0) is 21.2. The third kappa shape index (κ3) is 5.10. The van der Waals surface area contributed by atoms with Gasteiger partial charge in [-0.05, 0) is 43.6 Å². The molecule has 6 heteroatoms. The van der Waals surface area contributed by atoms with Gasteiger partial charge in [0, 0.05) is 28.4 Å². The van der Waals surface area contributed by atoms with Crippen LogP contribution in [0.15, 0.2) is 29.4 Å². The van der Waals surface area contributed by atoms with Gasteiger partial charge in [-0.2, -0.15) is 0 Å². The zero-order valence-corrected chi connectivity index (χ0v) is 18.3. The van der Waals surface area contributed by atoms with Crippen molar-refractivity contribution in [2.75, 3.05) is 5.75 Å². The normalized spacial score (nSPS) is 16.2. The van der Waals surface area contributed by atoms with Crippen LogP contribution in [0, 0.1) is 11.8 Å². The number of hydrogen-bond donors (Lipinski definition) is 1. The molecule has 1 aromatic heterocycles. The maximum Gasteiger partial charge on any atom is 0.311 e. The number of hydrogen-bond acceptors (Lipinski definition) is 5. The number of fused-ring (bicyclic) bond motifs is 1. The van der Waals surface area contributed by atoms with Crippen LogP contribution in [-0.2, 0) is 16.6 Å². The largest absolute Gasteiger partial charge is 0.487 e. The first kappa shape index (κ1) is 21.2. The Morgan fingerprint density at radius 1 is 1.21 bits per heavy atom. The molecule has 0 fully saturated rings. The third-order valence-electron chi connectivity index (χ3n) is 4.72. The highest BCUT2D eigenvalue weighted by Gasteiger charge is 2.39. The third-order valence-corrected chi connectivity index (χ3v) is 5.66. The van der Waals surface area contributed by atoms with Crippen molar-refractivity contribution in [3.05, 3.63) is 47.0 Å². The van der Waals surface area contributed by atoms with Gasteiger partial charge >= 0.3 is 5.97 Å². The van der Waals surface area contributed by atoms with E-state index in [1.54, 1.807) is 24.2 Å². The molecule has 0 amide bonds. The summed E-state index contributed by atoms with van der Waals surface area (Å²) in [6.07, 6.45) is 3.87. The molecule has 1 N–H and O–H groups in total. The number of carboxylic acid groups (broad SMARTS) is 1. The summed E-state index contributed by atoms with van der Waals surface area (Å²) in [6.45, 7) is 10.9. The molecule has 1 aliphatic heterocycles. The van der Waals surface area contributed by atoms with Crippen LogP contribution in [0.1, 0.15) is 63.6 Å². The number of rotatable bonds is 4. The Kier molecular flexibility index (Phi) is 5.90. The van der Waals surface area contributed by atoms with Gasteiger partial charge < -0.3 is 9.84 Å². The van der Waals surface area contributed by atoms with Crippen LogP contribution in [0.25, 0.3) is 0 Å². The number of carbonyl (C=O) groups is 1. The molecule has 0 aliphatic carbocycles. The topological polar surface area (TPSA) is 72.3 Å². The minimum absolute atomic E-state index is 0.00941. The van der Waals surface area contributed by atoms with Crippen molar-refractivity contribution < 1.29 is 14.6 Å². The van der Waals surface area contributed by atoms with E-state index in [0.29, 0.717) is 5.56 Å². The quantitative estimate of drug-likeness (QED) is 0.593. The molecule has 0 saturated heterocycles. The highest BCUT2D eigenvalue weighted by molar-refractivity contribution is 7.99. The first-order valence-corrected chi connectivity index (χ1v) is 10.6. The van der Waals surface area contributed by atoms with E-state index in [-0.39, 0.29) is 23.3 Å². The molecule has 0 unspecified atom stereocenters. The molecule has 2 aromatic rings. The number of carboxylic acids is 1. The van der Waals surface area contributed by atoms with Crippen molar-refractivity contribution in [3.8, 4) is 17.6 Å². The lowest BCUT2D eigenvalue weighted by atomic mass is 9.73. The van der Waals surface area contributed by atoms with Gasteiger partial charge in [-0.1, -0.05) is 32.6 Å². The van der Waals surface area contributed by atoms with Gasteiger partial charge in [0.2, 0.25) is 0 Å². The number of ether oxygens (including phenoxy) is 1. The van der Waals surface area contributed by atoms with E-state index in [4.69, 9.17) is 9.84 Å². The van der Waals surface area contributed by atoms with Crippen LogP contribution in [0.3, 0.4) is 0 Å². The molecule has 152 valence electrons. The summed E-state index contributed by atoms with van der Waals surface area (Å²) in [5.74, 6) is 7.58. The summed E-state index contributed by atoms with van der Waals surface area (Å²) in [7, 11) is 0. The van der Waals surface area contributed by atoms with Gasteiger partial charge in [-0.15, -0.1) is 11.8 Å². The number of nitrogens with zero attached hydrogens (tertiary/aromatic N) is 2. The van der Waals surface area contributed by atoms with Crippen molar-refractivity contribution in [3.63, 3.8) is 0 Å². The van der Waals surface area contributed by atoms with Gasteiger partial charge in [0.25, 0.3) is 0 Å². The van der Waals surface area contributed by atoms with Crippen molar-refractivity contribution in [1.29, 1.82) is 0 Å². The molecule has 5 nitrogen and oxygen atoms in total. The number of aliphatic carboxylic acids is 1. The highest BCUT2D eigenvalue weighted by atomic mass is 32.2. The number of thioether (sulfide) groups is 1. The zero-order valence-electron chi connectivity index (χ0n) is 17.5. The molecular formula is C23H26N2O3S. The molecule has 0 radical (unpaired) electrons. The van der Waals surface area contributed by atoms with Gasteiger partial charge in [0.15, 0.2) is 0 Å². The summed E-state index contributed by atoms with van der Waals surface area (Å²) in [5, 5.41) is 8.82. The predicted octanol–water partition coefficient (Wildman–Crippen LogP) is 4.45. The molecule has 2 heterocycles. The van der Waals surface area contributed by atoms with Crippen LogP contribution in [0.2, 0.25) is 0 Å². The molecule has 0 atom stereocenters. The van der Waals surface area contributed by atoms with E-state index in [1.165, 1.54) is 5.56 Å². The fraction of sp³-hybridized carbons (Fsp3) is 0.435. The van der Waals surface area contributed by atoms with E-state index in [9.17, 15) is 4.79 Å². The second-order valence-electron chi connectivity index (χ2n) is 8.41. The molecule has 3 rings (SSSR count). The lowest BCUT2D eigenvalue weighted by molar-refractivity contribution is -0.136. The number of benzene rings is 1. The molecule has 0 saturated carbocycles. The fourth-order valence-corrected chi connectivity index (χ4v) is 4.59. The lowest BCUT2D eigenvalue weighted by Gasteiger charge is -2.42. The van der Waals surface area contributed by atoms with Crippen LogP contribution in [-0.4, -0.2) is 32.4 Å². The van der Waals surface area contributed by atoms with Crippen LogP contribution in [0.4, 0.5) is 0 Å². The Bertz CT molecular complexity index is 986. The SMILES string of the molecule is CCSc1cc2c(cc1C#Cc1cnc(CC(=O)O)nc1)C(C)(C)CC(C)(C)O2. The smallest absolute Gasteiger partial charge is 0.311 e. The minimum atomic E-state index is -0.952. The Labute approximate surface area is 176 Å². The average Bonchev–Trinajstić information content (AvgIpc) is 2.59. The average molecular weight is 411 g/mol. The summed E-state index contributed by atoms with van der Waals surface area (Å²) in [6, 6.07) is 4.26. The van der Waals surface area contributed by atoms with Crippen molar-refractivity contribution in [2.24, 2.45) is 0 Å². The van der Waals surface area contributed by atoms with Crippen LogP contribution < -0.4 is 4.74 Å². The number of aromatic nitrogens is 2. The van der Waals surface area contributed by atoms with Gasteiger partial charge in [0.1, 0.15) is 23.6 Å². The monoisotopic (exact) mass is 410 g/mol. The second kappa shape index (κ2) is 8.08. The highest BCUT2D eigenvalue weighted by Crippen LogP contribution is 2.46. The minimum Gasteiger partial charge on any atom is -0.487 e. The first-order chi connectivity index (χ1) is 13.6. The lowest BCUT2D eigenvalue weighted by Crippen LogP contribution is -2.41. The van der Waals surface area contributed by atoms with E-state index in [0.717, 1.165) is 28.4 Å².